The van der Waals surface area contributed by atoms with Crippen LogP contribution in [0.25, 0.3) is 0 Å². The maximum atomic E-state index is 13.8. The van der Waals surface area contributed by atoms with Crippen molar-refractivity contribution in [3.63, 3.8) is 0 Å². The molecule has 6 unspecified atom stereocenters. The van der Waals surface area contributed by atoms with E-state index in [0.717, 1.165) is 0 Å². The molecule has 0 aromatic heterocycles. The highest BCUT2D eigenvalue weighted by Gasteiger charge is 2.50. The third-order valence-corrected chi connectivity index (χ3v) is 11.9. The lowest BCUT2D eigenvalue weighted by molar-refractivity contribution is -0.304. The van der Waals surface area contributed by atoms with E-state index in [2.05, 4.69) is 5.32 Å². The Balaban J connectivity index is 1.93. The summed E-state index contributed by atoms with van der Waals surface area (Å²) in [5, 5.41) is 111. The maximum absolute atomic E-state index is 13.8. The number of ether oxygens (including phenoxy) is 5. The molecule has 1 amide bonds. The molecular formula is C51H80N2O18. The summed E-state index contributed by atoms with van der Waals surface area (Å²) in [6.45, 7) is 7.51. The van der Waals surface area contributed by atoms with E-state index in [1.807, 2.05) is 13.0 Å². The Labute approximate surface area is 416 Å². The zero-order valence-electron chi connectivity index (χ0n) is 41.4. The Morgan fingerprint density at radius 2 is 1.31 bits per heavy atom. The average molecular weight is 1010 g/mol. The van der Waals surface area contributed by atoms with Crippen molar-refractivity contribution in [2.75, 3.05) is 13.2 Å². The second-order valence-corrected chi connectivity index (χ2v) is 19.7. The number of fused-ring (bicyclic) bond motifs is 2. The molecule has 20 nitrogen and oxygen atoms in total. The largest absolute Gasteiger partial charge is 0.462 e. The zero-order chi connectivity index (χ0) is 52.9. The van der Waals surface area contributed by atoms with Gasteiger partial charge in [0.1, 0.15) is 24.4 Å². The summed E-state index contributed by atoms with van der Waals surface area (Å²) in [5.41, 5.74) is 5.14. The molecule has 0 aromatic carbocycles. The minimum Gasteiger partial charge on any atom is -0.462 e. The number of cyclic esters (lactones) is 1. The summed E-state index contributed by atoms with van der Waals surface area (Å²) in [6.07, 6.45) is 4.45. The molecule has 0 saturated carbocycles. The standard InChI is InChI=1S/C51H80N2O18/c1-31-18-16-14-12-10-8-6-7-9-11-13-15-17-19-36(69-49-47(64)46(52)41(61)30-67-49)26-42-45(48(65)53-29-44(63)71-50(3,4)5)40(60)28-51(66,70-42)27-35(56)24-39(59)37(57)21-20-33(54)23-34(55)25-43(62)68-32(2)22-38(31)58/h6-19,31-42,45-47,49,54-61,64,66H,20-30,52H2,1-5H3,(H,53,65)/b7-6+,10-8+,11-9+,14-12+,15-13+,18-16+,19-17+/t31-,32-,33?,34?,35?,36?,37+,38-,39+,40-,41+,42-,45?,46-,47-,49-,51?/m0/s1. The van der Waals surface area contributed by atoms with Gasteiger partial charge < -0.3 is 85.8 Å². The SMILES string of the molecule is C[C@H]1C[C@H](O)[C@@H](C)/C=C/C=C/C=C/C=C/C=C/C=C/C=C/C(O[C@@H]2OC[C@@H](O)[C@H](N)[C@@H]2O)C[C@@H]2OC(O)(CC(O)C[C@@H](O)[C@H](O)CCC(O)CC(O)CC(=O)O1)C[C@H](O)C2C(=O)NCC(=O)OC(C)(C)C. The molecule has 2 saturated heterocycles. The highest BCUT2D eigenvalue weighted by atomic mass is 16.7. The van der Waals surface area contributed by atoms with Gasteiger partial charge in [-0.15, -0.1) is 0 Å². The van der Waals surface area contributed by atoms with E-state index in [1.165, 1.54) is 6.08 Å². The van der Waals surface area contributed by atoms with Crippen LogP contribution in [0.15, 0.2) is 85.1 Å². The van der Waals surface area contributed by atoms with Gasteiger partial charge in [0.15, 0.2) is 12.1 Å². The number of nitrogens with two attached hydrogens (primary N) is 1. The van der Waals surface area contributed by atoms with Gasteiger partial charge >= 0.3 is 11.9 Å². The summed E-state index contributed by atoms with van der Waals surface area (Å²) in [7, 11) is 0. The van der Waals surface area contributed by atoms with Crippen LogP contribution >= 0.6 is 0 Å². The van der Waals surface area contributed by atoms with Crippen molar-refractivity contribution < 1.29 is 89.1 Å². The molecule has 2 bridgehead atoms. The van der Waals surface area contributed by atoms with Gasteiger partial charge in [-0.1, -0.05) is 92.0 Å². The predicted octanol–water partition coefficient (Wildman–Crippen LogP) is 0.451. The van der Waals surface area contributed by atoms with E-state index in [0.29, 0.717) is 0 Å². The van der Waals surface area contributed by atoms with Gasteiger partial charge in [-0.2, -0.15) is 0 Å². The van der Waals surface area contributed by atoms with Crippen LogP contribution in [0.5, 0.6) is 0 Å². The highest BCUT2D eigenvalue weighted by molar-refractivity contribution is 5.84. The molecule has 3 aliphatic rings. The van der Waals surface area contributed by atoms with E-state index >= 15 is 0 Å². The number of esters is 2. The third kappa shape index (κ3) is 23.2. The van der Waals surface area contributed by atoms with E-state index in [-0.39, 0.29) is 44.6 Å². The summed E-state index contributed by atoms with van der Waals surface area (Å²) >= 11 is 0. The van der Waals surface area contributed by atoms with Crippen LogP contribution in [0.1, 0.15) is 92.4 Å². The smallest absolute Gasteiger partial charge is 0.325 e. The second-order valence-electron chi connectivity index (χ2n) is 19.7. The first-order valence-electron chi connectivity index (χ1n) is 24.3. The van der Waals surface area contributed by atoms with E-state index < -0.39 is 153 Å². The highest BCUT2D eigenvalue weighted by Crippen LogP contribution is 2.38. The van der Waals surface area contributed by atoms with Crippen molar-refractivity contribution in [2.45, 2.75) is 189 Å². The first kappa shape index (κ1) is 61.3. The minimum atomic E-state index is -2.35. The van der Waals surface area contributed by atoms with Crippen LogP contribution in [0.4, 0.5) is 0 Å². The summed E-state index contributed by atoms with van der Waals surface area (Å²) in [5.74, 6) is -6.43. The summed E-state index contributed by atoms with van der Waals surface area (Å²) in [4.78, 5) is 38.9. The molecule has 2 fully saturated rings. The van der Waals surface area contributed by atoms with Gasteiger partial charge in [0.05, 0.1) is 86.0 Å². The fourth-order valence-corrected chi connectivity index (χ4v) is 8.16. The number of aliphatic hydroxyl groups is 10. The number of hydrogen-bond donors (Lipinski definition) is 12. The molecular weight excluding hydrogens is 929 g/mol. The zero-order valence-corrected chi connectivity index (χ0v) is 41.4. The Morgan fingerprint density at radius 1 is 0.718 bits per heavy atom. The summed E-state index contributed by atoms with van der Waals surface area (Å²) < 4.78 is 28.5. The van der Waals surface area contributed by atoms with E-state index in [1.54, 1.807) is 101 Å². The molecule has 13 N–H and O–H groups in total. The Kier molecular flexibility index (Phi) is 26.2. The lowest BCUT2D eigenvalue weighted by atomic mass is 9.82. The Hall–Kier alpha value is -3.97. The Bertz CT molecular complexity index is 1850. The number of amides is 1. The van der Waals surface area contributed by atoms with Crippen LogP contribution in [-0.4, -0.2) is 179 Å². The quantitative estimate of drug-likeness (QED) is 0.166. The molecule has 402 valence electrons. The van der Waals surface area contributed by atoms with Crippen molar-refractivity contribution in [1.29, 1.82) is 0 Å². The van der Waals surface area contributed by atoms with Crippen LogP contribution < -0.4 is 11.1 Å². The van der Waals surface area contributed by atoms with Crippen molar-refractivity contribution >= 4 is 17.8 Å². The number of hydrogen-bond acceptors (Lipinski definition) is 19. The van der Waals surface area contributed by atoms with Crippen molar-refractivity contribution in [2.24, 2.45) is 17.6 Å². The van der Waals surface area contributed by atoms with Crippen LogP contribution in [0.2, 0.25) is 0 Å². The third-order valence-electron chi connectivity index (χ3n) is 11.9. The van der Waals surface area contributed by atoms with Gasteiger partial charge in [-0.05, 0) is 47.0 Å². The second kappa shape index (κ2) is 30.3. The topological polar surface area (TPSA) is 338 Å². The van der Waals surface area contributed by atoms with Gasteiger partial charge in [0, 0.05) is 38.0 Å². The molecule has 3 aliphatic heterocycles. The lowest BCUT2D eigenvalue weighted by Gasteiger charge is -2.45. The predicted molar refractivity (Wildman–Crippen MR) is 259 cm³/mol. The van der Waals surface area contributed by atoms with Crippen LogP contribution in [0.3, 0.4) is 0 Å². The number of aliphatic hydroxyl groups excluding tert-OH is 9. The normalized spacial score (nSPS) is 40.6. The number of allylic oxidation sites excluding steroid dienone is 12. The molecule has 3 heterocycles. The van der Waals surface area contributed by atoms with E-state index in [9.17, 15) is 65.4 Å². The van der Waals surface area contributed by atoms with Crippen LogP contribution in [-0.2, 0) is 38.1 Å². The van der Waals surface area contributed by atoms with Crippen molar-refractivity contribution in [1.82, 2.24) is 5.32 Å². The number of rotatable bonds is 5. The van der Waals surface area contributed by atoms with Gasteiger partial charge in [0.25, 0.3) is 0 Å². The molecule has 0 aliphatic carbocycles. The first-order chi connectivity index (χ1) is 33.4. The monoisotopic (exact) mass is 1010 g/mol. The van der Waals surface area contributed by atoms with Gasteiger partial charge in [0.2, 0.25) is 5.91 Å². The summed E-state index contributed by atoms with van der Waals surface area (Å²) in [6, 6.07) is -1.15. The van der Waals surface area contributed by atoms with E-state index in [4.69, 9.17) is 29.4 Å². The molecule has 71 heavy (non-hydrogen) atoms. The molecule has 3 rings (SSSR count). The molecule has 20 heteroatoms. The first-order valence-corrected chi connectivity index (χ1v) is 24.3. The molecule has 0 spiro atoms. The average Bonchev–Trinajstić information content (AvgIpc) is 3.25. The van der Waals surface area contributed by atoms with Crippen LogP contribution in [0, 0.1) is 11.8 Å². The molecule has 0 aromatic rings. The molecule has 0 radical (unpaired) electrons. The minimum absolute atomic E-state index is 0.116. The maximum Gasteiger partial charge on any atom is 0.325 e. The van der Waals surface area contributed by atoms with Gasteiger partial charge in [-0.25, -0.2) is 0 Å². The Morgan fingerprint density at radius 3 is 1.92 bits per heavy atom. The van der Waals surface area contributed by atoms with Gasteiger partial charge in [-0.3, -0.25) is 14.4 Å². The number of nitrogens with one attached hydrogen (secondary N) is 1. The van der Waals surface area contributed by atoms with Crippen molar-refractivity contribution in [3.05, 3.63) is 85.1 Å². The van der Waals surface area contributed by atoms with Crippen molar-refractivity contribution in [3.8, 4) is 0 Å². The fourth-order valence-electron chi connectivity index (χ4n) is 8.16. The fraction of sp³-hybridized carbons (Fsp3) is 0.667. The lowest BCUT2D eigenvalue weighted by Crippen LogP contribution is -2.59. The molecule has 17 atom stereocenters. The number of carbonyl (C=O) groups excluding carboxylic acids is 3. The number of carbonyl (C=O) groups is 3.